The van der Waals surface area contributed by atoms with Crippen molar-refractivity contribution < 1.29 is 24.2 Å². The van der Waals surface area contributed by atoms with Crippen molar-refractivity contribution >= 4 is 17.6 Å². The van der Waals surface area contributed by atoms with Gasteiger partial charge in [0.2, 0.25) is 0 Å². The van der Waals surface area contributed by atoms with Gasteiger partial charge in [0.25, 0.3) is 0 Å². The molecule has 0 aliphatic rings. The monoisotopic (exact) mass is 305 g/mol. The molecule has 0 heterocycles. The lowest BCUT2D eigenvalue weighted by Crippen LogP contribution is -2.79. The number of methoxy groups -OCH3 is 2. The number of nitrogens with zero attached hydrogens (tertiary/aromatic N) is 2. The SMILES string of the molecule is C=CCCN(C(=O)C([NH+]=[N-])C(=O)OC)c1ccc(OC)cc1. The Labute approximate surface area is 129 Å². The van der Waals surface area contributed by atoms with Crippen LogP contribution >= 0.6 is 0 Å². The third-order valence-corrected chi connectivity index (χ3v) is 3.02. The van der Waals surface area contributed by atoms with E-state index in [0.29, 0.717) is 24.4 Å². The van der Waals surface area contributed by atoms with E-state index in [1.165, 1.54) is 4.90 Å². The fourth-order valence-electron chi connectivity index (χ4n) is 1.83. The second-order valence-electron chi connectivity index (χ2n) is 4.35. The van der Waals surface area contributed by atoms with Crippen molar-refractivity contribution in [2.24, 2.45) is 0 Å². The van der Waals surface area contributed by atoms with E-state index < -0.39 is 17.9 Å². The molecule has 0 saturated heterocycles. The zero-order chi connectivity index (χ0) is 16.5. The predicted octanol–water partition coefficient (Wildman–Crippen LogP) is 0.248. The Bertz CT molecular complexity index is 542. The average molecular weight is 305 g/mol. The average Bonchev–Trinajstić information content (AvgIpc) is 2.56. The molecule has 1 aromatic carbocycles. The van der Waals surface area contributed by atoms with Gasteiger partial charge in [-0.05, 0) is 30.7 Å². The second-order valence-corrected chi connectivity index (χ2v) is 4.35. The smallest absolute Gasteiger partial charge is 0.384 e. The molecule has 1 rings (SSSR count). The van der Waals surface area contributed by atoms with Crippen molar-refractivity contribution in [1.29, 1.82) is 0 Å². The van der Waals surface area contributed by atoms with E-state index in [2.05, 4.69) is 11.3 Å². The molecule has 0 fully saturated rings. The van der Waals surface area contributed by atoms with Gasteiger partial charge in [-0.1, -0.05) is 6.08 Å². The van der Waals surface area contributed by atoms with Crippen molar-refractivity contribution in [2.75, 3.05) is 25.7 Å². The Kier molecular flexibility index (Phi) is 6.75. The van der Waals surface area contributed by atoms with Gasteiger partial charge >= 0.3 is 17.9 Å². The summed E-state index contributed by atoms with van der Waals surface area (Å²) in [6.07, 6.45) is 2.18. The Morgan fingerprint density at radius 2 is 2.00 bits per heavy atom. The van der Waals surface area contributed by atoms with Crippen LogP contribution in [-0.4, -0.2) is 38.7 Å². The molecule has 1 aromatic rings. The maximum absolute atomic E-state index is 12.5. The minimum absolute atomic E-state index is 0.309. The van der Waals surface area contributed by atoms with Gasteiger partial charge in [0, 0.05) is 12.2 Å². The number of anilines is 1. The van der Waals surface area contributed by atoms with E-state index in [-0.39, 0.29) is 0 Å². The van der Waals surface area contributed by atoms with Crippen LogP contribution in [0.5, 0.6) is 5.75 Å². The highest BCUT2D eigenvalue weighted by Gasteiger charge is 2.34. The predicted molar refractivity (Wildman–Crippen MR) is 80.3 cm³/mol. The zero-order valence-corrected chi connectivity index (χ0v) is 12.6. The first-order chi connectivity index (χ1) is 10.6. The highest BCUT2D eigenvalue weighted by molar-refractivity contribution is 6.08. The first-order valence-corrected chi connectivity index (χ1v) is 6.62. The lowest BCUT2D eigenvalue weighted by atomic mass is 10.2. The van der Waals surface area contributed by atoms with Crippen LogP contribution in [0.2, 0.25) is 0 Å². The highest BCUT2D eigenvalue weighted by Crippen LogP contribution is 2.20. The molecule has 0 spiro atoms. The standard InChI is InChI=1S/C15H19N3O4/c1-4-5-10-18(11-6-8-12(21-2)9-7-11)14(19)13(17-16)15(20)22-3/h4,6-9,13,17H,1,5,10H2,2-3H3. The molecule has 118 valence electrons. The number of ether oxygens (including phenoxy) is 2. The first kappa shape index (κ1) is 17.4. The number of carbonyl (C=O) groups is 2. The fourth-order valence-corrected chi connectivity index (χ4v) is 1.83. The maximum Gasteiger partial charge on any atom is 0.384 e. The van der Waals surface area contributed by atoms with Crippen molar-refractivity contribution in [3.05, 3.63) is 42.5 Å². The Balaban J connectivity index is 3.09. The molecular weight excluding hydrogens is 286 g/mol. The van der Waals surface area contributed by atoms with Crippen LogP contribution < -0.4 is 14.8 Å². The summed E-state index contributed by atoms with van der Waals surface area (Å²) in [5, 5.41) is 1.69. The van der Waals surface area contributed by atoms with Crippen LogP contribution in [0.1, 0.15) is 6.42 Å². The van der Waals surface area contributed by atoms with Crippen molar-refractivity contribution in [1.82, 2.24) is 0 Å². The van der Waals surface area contributed by atoms with E-state index in [1.807, 2.05) is 0 Å². The van der Waals surface area contributed by atoms with Gasteiger partial charge in [-0.2, -0.15) is 0 Å². The van der Waals surface area contributed by atoms with E-state index in [1.54, 1.807) is 42.6 Å². The van der Waals surface area contributed by atoms with Crippen LogP contribution in [0.4, 0.5) is 5.69 Å². The van der Waals surface area contributed by atoms with E-state index in [0.717, 1.165) is 7.11 Å². The van der Waals surface area contributed by atoms with Crippen LogP contribution in [0, 0.1) is 0 Å². The Morgan fingerprint density at radius 1 is 1.36 bits per heavy atom. The van der Waals surface area contributed by atoms with E-state index in [4.69, 9.17) is 10.3 Å². The number of hydrogen-bond acceptors (Lipinski definition) is 4. The minimum Gasteiger partial charge on any atom is -0.507 e. The summed E-state index contributed by atoms with van der Waals surface area (Å²) in [5.41, 5.74) is 9.63. The molecule has 1 amide bonds. The molecule has 1 N–H and O–H groups in total. The molecule has 1 unspecified atom stereocenters. The van der Waals surface area contributed by atoms with Gasteiger partial charge in [0.1, 0.15) is 5.75 Å². The van der Waals surface area contributed by atoms with Crippen LogP contribution in [0.25, 0.3) is 5.53 Å². The van der Waals surface area contributed by atoms with Crippen molar-refractivity contribution in [3.8, 4) is 5.75 Å². The fraction of sp³-hybridized carbons (Fsp3) is 0.333. The zero-order valence-electron chi connectivity index (χ0n) is 12.6. The number of hydrogen-bond donors (Lipinski definition) is 1. The molecule has 7 nitrogen and oxygen atoms in total. The molecule has 0 bridgehead atoms. The summed E-state index contributed by atoms with van der Waals surface area (Å²) in [4.78, 5) is 25.4. The summed E-state index contributed by atoms with van der Waals surface area (Å²) in [5.74, 6) is -0.851. The number of benzene rings is 1. The molecule has 1 atom stereocenters. The van der Waals surface area contributed by atoms with Crippen molar-refractivity contribution in [3.63, 3.8) is 0 Å². The number of esters is 1. The molecule has 7 heteroatoms. The summed E-state index contributed by atoms with van der Waals surface area (Å²) in [7, 11) is 2.68. The van der Waals surface area contributed by atoms with Gasteiger partial charge in [0.05, 0.1) is 14.2 Å². The highest BCUT2D eigenvalue weighted by atomic mass is 16.5. The summed E-state index contributed by atoms with van der Waals surface area (Å²) < 4.78 is 9.57. The quantitative estimate of drug-likeness (QED) is 0.322. The van der Waals surface area contributed by atoms with Crippen LogP contribution in [0.3, 0.4) is 0 Å². The number of nitrogens with one attached hydrogen (secondary N) is 1. The number of rotatable bonds is 8. The van der Waals surface area contributed by atoms with E-state index >= 15 is 0 Å². The third-order valence-electron chi connectivity index (χ3n) is 3.02. The molecule has 0 aliphatic carbocycles. The Morgan fingerprint density at radius 3 is 2.45 bits per heavy atom. The minimum atomic E-state index is -1.49. The normalized spacial score (nSPS) is 11.2. The lowest BCUT2D eigenvalue weighted by molar-refractivity contribution is -0.497. The number of amides is 1. The van der Waals surface area contributed by atoms with Crippen molar-refractivity contribution in [2.45, 2.75) is 12.5 Å². The van der Waals surface area contributed by atoms with Gasteiger partial charge in [-0.3, -0.25) is 4.79 Å². The third kappa shape index (κ3) is 4.15. The lowest BCUT2D eigenvalue weighted by Gasteiger charge is -2.23. The van der Waals surface area contributed by atoms with Gasteiger partial charge in [-0.25, -0.2) is 4.79 Å². The summed E-state index contributed by atoms with van der Waals surface area (Å²) >= 11 is 0. The number of carbonyl (C=O) groups excluding carboxylic acids is 2. The topological polar surface area (TPSA) is 92.1 Å². The summed E-state index contributed by atoms with van der Waals surface area (Å²) in [6, 6.07) is 5.28. The molecule has 0 radical (unpaired) electrons. The Hall–Kier alpha value is -2.70. The molecular formula is C15H19N3O4. The second kappa shape index (κ2) is 8.56. The van der Waals surface area contributed by atoms with Crippen LogP contribution in [-0.2, 0) is 14.3 Å². The van der Waals surface area contributed by atoms with Gasteiger partial charge < -0.3 is 25.0 Å². The summed E-state index contributed by atoms with van der Waals surface area (Å²) in [6.45, 7) is 3.92. The van der Waals surface area contributed by atoms with Gasteiger partial charge in [-0.15, -0.1) is 6.58 Å². The molecule has 0 aromatic heterocycles. The maximum atomic E-state index is 12.5. The largest absolute Gasteiger partial charge is 0.507 e. The van der Waals surface area contributed by atoms with Crippen LogP contribution in [0.15, 0.2) is 36.9 Å². The first-order valence-electron chi connectivity index (χ1n) is 6.62. The molecule has 0 saturated carbocycles. The van der Waals surface area contributed by atoms with E-state index in [9.17, 15) is 9.59 Å². The molecule has 0 aliphatic heterocycles. The molecule has 22 heavy (non-hydrogen) atoms. The van der Waals surface area contributed by atoms with Gasteiger partial charge in [0.15, 0.2) is 0 Å².